The van der Waals surface area contributed by atoms with Gasteiger partial charge in [-0.15, -0.1) is 0 Å². The first-order valence-corrected chi connectivity index (χ1v) is 3.05. The van der Waals surface area contributed by atoms with Crippen LogP contribution >= 0.6 is 0 Å². The predicted octanol–water partition coefficient (Wildman–Crippen LogP) is -0.666. The molecule has 6 heavy (non-hydrogen) atoms. The molecule has 6 heteroatoms. The Labute approximate surface area is 56.2 Å². The van der Waals surface area contributed by atoms with Crippen molar-refractivity contribution in [2.24, 2.45) is 0 Å². The number of hydrogen-bond donors (Lipinski definition) is 1. The van der Waals surface area contributed by atoms with Gasteiger partial charge in [0.05, 0.1) is 0 Å². The quantitative estimate of drug-likeness (QED) is 0.255. The average molecular weight is 221 g/mol. The maximum Gasteiger partial charge on any atom is 1.00 e. The van der Waals surface area contributed by atoms with E-state index in [1.165, 1.54) is 0 Å². The first kappa shape index (κ1) is 10.1. The van der Waals surface area contributed by atoms with E-state index in [2.05, 4.69) is 11.7 Å². The van der Waals surface area contributed by atoms with E-state index in [1.807, 2.05) is 0 Å². The summed E-state index contributed by atoms with van der Waals surface area (Å²) in [5, 5.41) is 0. The summed E-state index contributed by atoms with van der Waals surface area (Å²) in [6, 6.07) is 0. The molecule has 0 unspecified atom stereocenters. The van der Waals surface area contributed by atoms with Gasteiger partial charge in [0.25, 0.3) is 0 Å². The van der Waals surface area contributed by atoms with Crippen LogP contribution in [0.1, 0.15) is 0 Å². The molecule has 0 saturated heterocycles. The molecule has 1 N–H and O–H groups in total. The van der Waals surface area contributed by atoms with Gasteiger partial charge in [-0.1, -0.05) is 0 Å². The summed E-state index contributed by atoms with van der Waals surface area (Å²) < 4.78 is 25.3. The third kappa shape index (κ3) is 80.0. The van der Waals surface area contributed by atoms with E-state index in [1.54, 1.807) is 0 Å². The minimum Gasteiger partial charge on any atom is -0.619 e. The van der Waals surface area contributed by atoms with Crippen LogP contribution in [0.2, 0.25) is 0 Å². The van der Waals surface area contributed by atoms with Crippen LogP contribution in [0.3, 0.4) is 0 Å². The van der Waals surface area contributed by atoms with Gasteiger partial charge in [-0.25, -0.2) is 8.42 Å². The van der Waals surface area contributed by atoms with Crippen molar-refractivity contribution in [3.05, 3.63) is 0 Å². The summed E-state index contributed by atoms with van der Waals surface area (Å²) >= 11 is 3.35. The maximum atomic E-state index is 9.00. The maximum absolute atomic E-state index is 9.00. The first-order chi connectivity index (χ1) is 2.00. The molecule has 0 fully saturated rings. The van der Waals surface area contributed by atoms with E-state index in [0.29, 0.717) is 0 Å². The second-order valence-electron chi connectivity index (χ2n) is 0.428. The Morgan fingerprint density at radius 3 is 1.50 bits per heavy atom. The van der Waals surface area contributed by atoms with Gasteiger partial charge < -0.3 is 16.2 Å². The molecule has 0 amide bonds. The van der Waals surface area contributed by atoms with Gasteiger partial charge in [0.1, 0.15) is 9.15 Å². The predicted molar refractivity (Wildman–Crippen MR) is 18.9 cm³/mol. The van der Waals surface area contributed by atoms with Gasteiger partial charge in [0.2, 0.25) is 0 Å². The molecule has 0 radical (unpaired) electrons. The molecule has 0 rings (SSSR count). The zero-order chi connectivity index (χ0) is 4.50. The van der Waals surface area contributed by atoms with Crippen molar-refractivity contribution in [2.75, 3.05) is 0 Å². The average Bonchev–Trinajstić information content (AvgIpc) is 0.722. The van der Waals surface area contributed by atoms with Gasteiger partial charge in [-0.2, -0.15) is 0 Å². The van der Waals surface area contributed by atoms with Gasteiger partial charge in [-0.05, 0) is 0 Å². The smallest absolute Gasteiger partial charge is 0.619 e. The molecule has 0 atom stereocenters. The molecule has 0 aliphatic carbocycles. The van der Waals surface area contributed by atoms with E-state index in [4.69, 9.17) is 13.0 Å². The fraction of sp³-hybridized carbons (Fsp3) is 0. The minimum atomic E-state index is -4.08. The Hall–Kier alpha value is 1.00. The third-order valence-electron chi connectivity index (χ3n) is 0. The minimum absolute atomic E-state index is 0. The molecule has 42 valence electrons. The summed E-state index contributed by atoms with van der Waals surface area (Å²) in [5.74, 6) is 0. The van der Waals surface area contributed by atoms with Crippen LogP contribution in [-0.2, 0) is 43.2 Å². The number of hydrogen-bond acceptors (Lipinski definition) is 3. The zero-order valence-electron chi connectivity index (χ0n) is 2.38. The van der Waals surface area contributed by atoms with Crippen LogP contribution in [0.15, 0.2) is 0 Å². The van der Waals surface area contributed by atoms with Crippen LogP contribution in [-0.4, -0.2) is 13.0 Å². The summed E-state index contributed by atoms with van der Waals surface area (Å²) in [4.78, 5) is 0. The molecule has 0 heterocycles. The second kappa shape index (κ2) is 3.06. The van der Waals surface area contributed by atoms with Crippen molar-refractivity contribution in [1.82, 2.24) is 0 Å². The van der Waals surface area contributed by atoms with Crippen molar-refractivity contribution in [3.63, 3.8) is 0 Å². The molecule has 0 aromatic rings. The molecule has 0 saturated carbocycles. The van der Waals surface area contributed by atoms with Crippen LogP contribution in [0, 0.1) is 0 Å². The molecule has 0 aromatic carbocycles. The van der Waals surface area contributed by atoms with Crippen LogP contribution in [0.25, 0.3) is 0 Å². The van der Waals surface area contributed by atoms with E-state index >= 15 is 0 Å². The Bertz CT molecular complexity index is 92.0. The first-order valence-electron chi connectivity index (χ1n) is 0.683. The number of rotatable bonds is 0. The van der Waals surface area contributed by atoms with Crippen LogP contribution in [0.4, 0.5) is 0 Å². The fourth-order valence-electron chi connectivity index (χ4n) is 0. The Morgan fingerprint density at radius 1 is 1.50 bits per heavy atom. The van der Waals surface area contributed by atoms with Crippen LogP contribution < -0.4 is 0 Å². The zero-order valence-corrected chi connectivity index (χ0v) is 5.50. The van der Waals surface area contributed by atoms with Crippen molar-refractivity contribution in [1.29, 1.82) is 0 Å². The summed E-state index contributed by atoms with van der Waals surface area (Å²) in [6.07, 6.45) is 0. The molecule has 3 nitrogen and oxygen atoms in total. The monoisotopic (exact) mass is 220 g/mol. The molecule has 0 aliphatic rings. The van der Waals surface area contributed by atoms with Gasteiger partial charge in [0, 0.05) is 0 Å². The van der Waals surface area contributed by atoms with E-state index in [0.717, 1.165) is 0 Å². The van der Waals surface area contributed by atoms with Crippen LogP contribution in [0.5, 0.6) is 0 Å². The fourth-order valence-corrected chi connectivity index (χ4v) is 0. The standard InChI is InChI=1S/Ag.H2O3S2/c;1-5(2,3)4/h;(H2,1,2,3,4)/q+1;/p-1. The molecular weight excluding hydrogens is 220 g/mol. The van der Waals surface area contributed by atoms with Gasteiger partial charge in [-0.3, -0.25) is 0 Å². The summed E-state index contributed by atoms with van der Waals surface area (Å²) in [6.45, 7) is 0. The van der Waals surface area contributed by atoms with Crippen molar-refractivity contribution in [2.45, 2.75) is 0 Å². The van der Waals surface area contributed by atoms with E-state index in [-0.39, 0.29) is 22.4 Å². The SMILES string of the molecule is O=S(=O)(O)[S-].[Ag+]. The van der Waals surface area contributed by atoms with E-state index in [9.17, 15) is 0 Å². The second-order valence-corrected chi connectivity index (χ2v) is 2.55. The Morgan fingerprint density at radius 2 is 1.50 bits per heavy atom. The van der Waals surface area contributed by atoms with Gasteiger partial charge >= 0.3 is 22.4 Å². The normalized spacial score (nSPS) is 9.67. The third-order valence-corrected chi connectivity index (χ3v) is 0. The Kier molecular flexibility index (Phi) is 5.14. The largest absolute Gasteiger partial charge is 1.00 e. The molecule has 0 aliphatic heterocycles. The molecular formula is HAgO3S2. The topological polar surface area (TPSA) is 54.4 Å². The van der Waals surface area contributed by atoms with E-state index < -0.39 is 9.15 Å². The van der Waals surface area contributed by atoms with Crippen molar-refractivity contribution in [3.8, 4) is 0 Å². The summed E-state index contributed by atoms with van der Waals surface area (Å²) in [5.41, 5.74) is 0. The molecule has 0 aromatic heterocycles. The molecule has 0 spiro atoms. The molecule has 0 bridgehead atoms. The summed E-state index contributed by atoms with van der Waals surface area (Å²) in [7, 11) is -4.08. The van der Waals surface area contributed by atoms with Crippen molar-refractivity contribution < 1.29 is 35.4 Å². The van der Waals surface area contributed by atoms with Crippen molar-refractivity contribution >= 4 is 20.8 Å². The van der Waals surface area contributed by atoms with Gasteiger partial charge in [0.15, 0.2) is 0 Å². The Balaban J connectivity index is 0.